The van der Waals surface area contributed by atoms with E-state index in [9.17, 15) is 14.0 Å². The number of carbonyl (C=O) groups excluding carboxylic acids is 2. The van der Waals surface area contributed by atoms with Crippen LogP contribution in [0.1, 0.15) is 52.2 Å². The predicted octanol–water partition coefficient (Wildman–Crippen LogP) is 5.84. The summed E-state index contributed by atoms with van der Waals surface area (Å²) in [4.78, 5) is 31.0. The van der Waals surface area contributed by atoms with Gasteiger partial charge in [-0.05, 0) is 65.2 Å². The third-order valence-corrected chi connectivity index (χ3v) is 7.40. The van der Waals surface area contributed by atoms with E-state index < -0.39 is 11.7 Å². The molecule has 7 heteroatoms. The monoisotopic (exact) mass is 506 g/mol. The summed E-state index contributed by atoms with van der Waals surface area (Å²) >= 11 is 1.69. The van der Waals surface area contributed by atoms with Gasteiger partial charge in [-0.1, -0.05) is 38.1 Å². The molecule has 0 bridgehead atoms. The van der Waals surface area contributed by atoms with Crippen LogP contribution in [0.4, 0.5) is 4.39 Å². The van der Waals surface area contributed by atoms with E-state index in [4.69, 9.17) is 4.74 Å². The summed E-state index contributed by atoms with van der Waals surface area (Å²) in [6.07, 6.45) is 2.33. The van der Waals surface area contributed by atoms with Gasteiger partial charge in [-0.25, -0.2) is 4.39 Å². The highest BCUT2D eigenvalue weighted by atomic mass is 32.1. The minimum absolute atomic E-state index is 0.125. The topological polar surface area (TPSA) is 49.9 Å². The van der Waals surface area contributed by atoms with Crippen molar-refractivity contribution in [2.75, 3.05) is 26.2 Å². The SMILES string of the molecule is C=CCN(CC(=O)N1CCc2sccc2[C@H]1COc1ccc(C(C)C)cc1)C(=O)c1cccc(F)c1. The zero-order valence-electron chi connectivity index (χ0n) is 20.7. The number of nitrogens with zero attached hydrogens (tertiary/aromatic N) is 2. The molecule has 1 aromatic heterocycles. The highest BCUT2D eigenvalue weighted by Gasteiger charge is 2.33. The Hall–Kier alpha value is -3.45. The van der Waals surface area contributed by atoms with Crippen molar-refractivity contribution < 1.29 is 18.7 Å². The standard InChI is InChI=1S/C29H31FN2O3S/c1-4-14-31(29(34)22-6-5-7-23(30)17-22)18-28(33)32-15-12-27-25(13-16-36-27)26(32)19-35-24-10-8-21(9-11-24)20(2)3/h4-11,13,16-17,20,26H,1,12,14-15,18-19H2,2-3H3/t26-/m1/s1. The van der Waals surface area contributed by atoms with Crippen molar-refractivity contribution in [3.8, 4) is 5.75 Å². The second-order valence-corrected chi connectivity index (χ2v) is 10.2. The smallest absolute Gasteiger partial charge is 0.254 e. The van der Waals surface area contributed by atoms with Gasteiger partial charge in [-0.15, -0.1) is 17.9 Å². The molecule has 4 rings (SSSR count). The largest absolute Gasteiger partial charge is 0.491 e. The Balaban J connectivity index is 1.51. The van der Waals surface area contributed by atoms with E-state index in [0.717, 1.165) is 17.7 Å². The first-order valence-corrected chi connectivity index (χ1v) is 13.0. The maximum Gasteiger partial charge on any atom is 0.254 e. The molecule has 2 heterocycles. The van der Waals surface area contributed by atoms with Crippen LogP contribution >= 0.6 is 11.3 Å². The van der Waals surface area contributed by atoms with Crippen LogP contribution in [0.3, 0.4) is 0 Å². The molecule has 3 aromatic rings. The molecular weight excluding hydrogens is 475 g/mol. The van der Waals surface area contributed by atoms with Crippen molar-refractivity contribution in [3.63, 3.8) is 0 Å². The van der Waals surface area contributed by atoms with Crippen LogP contribution < -0.4 is 4.74 Å². The van der Waals surface area contributed by atoms with Crippen LogP contribution in [0.25, 0.3) is 0 Å². The summed E-state index contributed by atoms with van der Waals surface area (Å²) < 4.78 is 19.8. The molecule has 188 valence electrons. The molecule has 0 unspecified atom stereocenters. The van der Waals surface area contributed by atoms with Crippen LogP contribution in [0.5, 0.6) is 5.75 Å². The molecule has 2 amide bonds. The minimum Gasteiger partial charge on any atom is -0.491 e. The van der Waals surface area contributed by atoms with Gasteiger partial charge in [0.2, 0.25) is 5.91 Å². The van der Waals surface area contributed by atoms with Gasteiger partial charge in [0, 0.05) is 23.5 Å². The second kappa shape index (κ2) is 11.5. The van der Waals surface area contributed by atoms with Crippen LogP contribution in [0, 0.1) is 5.82 Å². The molecule has 2 aromatic carbocycles. The number of rotatable bonds is 9. The van der Waals surface area contributed by atoms with E-state index in [1.165, 1.54) is 33.5 Å². The van der Waals surface area contributed by atoms with E-state index >= 15 is 0 Å². The first-order valence-electron chi connectivity index (χ1n) is 12.1. The highest BCUT2D eigenvalue weighted by Crippen LogP contribution is 2.34. The van der Waals surface area contributed by atoms with Gasteiger partial charge in [0.25, 0.3) is 5.91 Å². The van der Waals surface area contributed by atoms with E-state index in [-0.39, 0.29) is 30.6 Å². The van der Waals surface area contributed by atoms with Crippen molar-refractivity contribution in [3.05, 3.63) is 100 Å². The summed E-state index contributed by atoms with van der Waals surface area (Å²) in [6, 6.07) is 15.3. The highest BCUT2D eigenvalue weighted by molar-refractivity contribution is 7.10. The van der Waals surface area contributed by atoms with Gasteiger partial charge < -0.3 is 14.5 Å². The maximum atomic E-state index is 13.7. The summed E-state index contributed by atoms with van der Waals surface area (Å²) in [7, 11) is 0. The number of benzene rings is 2. The molecule has 0 saturated carbocycles. The average Bonchev–Trinajstić information content (AvgIpc) is 3.36. The van der Waals surface area contributed by atoms with Crippen LogP contribution in [0.15, 0.2) is 72.6 Å². The Kier molecular flexibility index (Phi) is 8.21. The maximum absolute atomic E-state index is 13.7. The molecule has 0 N–H and O–H groups in total. The van der Waals surface area contributed by atoms with Gasteiger partial charge in [-0.2, -0.15) is 0 Å². The Morgan fingerprint density at radius 2 is 2.00 bits per heavy atom. The Morgan fingerprint density at radius 3 is 2.69 bits per heavy atom. The van der Waals surface area contributed by atoms with Crippen molar-refractivity contribution in [1.82, 2.24) is 9.80 Å². The number of ether oxygens (including phenoxy) is 1. The van der Waals surface area contributed by atoms with Gasteiger partial charge in [0.05, 0.1) is 6.04 Å². The minimum atomic E-state index is -0.495. The third-order valence-electron chi connectivity index (χ3n) is 6.40. The van der Waals surface area contributed by atoms with Gasteiger partial charge >= 0.3 is 0 Å². The van der Waals surface area contributed by atoms with E-state index in [0.29, 0.717) is 19.1 Å². The van der Waals surface area contributed by atoms with Crippen molar-refractivity contribution >= 4 is 23.2 Å². The fraction of sp³-hybridized carbons (Fsp3) is 0.310. The number of halogens is 1. The molecule has 0 aliphatic carbocycles. The molecule has 0 fully saturated rings. The average molecular weight is 507 g/mol. The third kappa shape index (κ3) is 5.85. The lowest BCUT2D eigenvalue weighted by Gasteiger charge is -2.37. The van der Waals surface area contributed by atoms with Gasteiger partial charge in [0.1, 0.15) is 24.7 Å². The van der Waals surface area contributed by atoms with Crippen molar-refractivity contribution in [2.45, 2.75) is 32.2 Å². The summed E-state index contributed by atoms with van der Waals surface area (Å²) in [5.74, 6) is 0.109. The molecule has 36 heavy (non-hydrogen) atoms. The van der Waals surface area contributed by atoms with Crippen molar-refractivity contribution in [1.29, 1.82) is 0 Å². The number of thiophene rings is 1. The molecule has 1 aliphatic rings. The zero-order chi connectivity index (χ0) is 25.7. The van der Waals surface area contributed by atoms with E-state index in [1.807, 2.05) is 17.5 Å². The Bertz CT molecular complexity index is 1220. The first-order chi connectivity index (χ1) is 17.4. The number of carbonyl (C=O) groups is 2. The molecule has 1 atom stereocenters. The second-order valence-electron chi connectivity index (χ2n) is 9.17. The fourth-order valence-corrected chi connectivity index (χ4v) is 5.36. The summed E-state index contributed by atoms with van der Waals surface area (Å²) in [6.45, 7) is 8.93. The van der Waals surface area contributed by atoms with Gasteiger partial charge in [-0.3, -0.25) is 9.59 Å². The lowest BCUT2D eigenvalue weighted by Crippen LogP contribution is -2.47. The van der Waals surface area contributed by atoms with E-state index in [1.54, 1.807) is 28.4 Å². The summed E-state index contributed by atoms with van der Waals surface area (Å²) in [5, 5.41) is 2.04. The van der Waals surface area contributed by atoms with E-state index in [2.05, 4.69) is 38.6 Å². The summed E-state index contributed by atoms with van der Waals surface area (Å²) in [5.41, 5.74) is 2.53. The molecule has 0 spiro atoms. The fourth-order valence-electron chi connectivity index (χ4n) is 4.43. The Morgan fingerprint density at radius 1 is 1.22 bits per heavy atom. The van der Waals surface area contributed by atoms with Crippen molar-refractivity contribution in [2.24, 2.45) is 0 Å². The van der Waals surface area contributed by atoms with Gasteiger partial charge in [0.15, 0.2) is 0 Å². The lowest BCUT2D eigenvalue weighted by molar-refractivity contribution is -0.135. The zero-order valence-corrected chi connectivity index (χ0v) is 21.5. The molecule has 5 nitrogen and oxygen atoms in total. The number of hydrogen-bond donors (Lipinski definition) is 0. The number of amides is 2. The quantitative estimate of drug-likeness (QED) is 0.343. The lowest BCUT2D eigenvalue weighted by atomic mass is 10.00. The molecule has 0 saturated heterocycles. The predicted molar refractivity (Wildman–Crippen MR) is 141 cm³/mol. The molecule has 0 radical (unpaired) electrons. The first kappa shape index (κ1) is 25.6. The van der Waals surface area contributed by atoms with Crippen LogP contribution in [-0.4, -0.2) is 47.9 Å². The molecule has 1 aliphatic heterocycles. The van der Waals surface area contributed by atoms with Crippen LogP contribution in [-0.2, 0) is 11.2 Å². The normalized spacial score (nSPS) is 14.9. The number of fused-ring (bicyclic) bond motifs is 1. The Labute approximate surface area is 215 Å². The molecular formula is C29H31FN2O3S. The number of hydrogen-bond acceptors (Lipinski definition) is 4. The van der Waals surface area contributed by atoms with Crippen LogP contribution in [0.2, 0.25) is 0 Å².